The number of halogens is 2. The molecule has 1 aliphatic rings. The van der Waals surface area contributed by atoms with Crippen LogP contribution in [0.25, 0.3) is 6.08 Å². The SMILES string of the molecule is COc1ccc(/C=C2\SC(=O)N(Cc3ccc(I)cc3)C2=O)cc1OCc1ccc(F)cc1. The highest BCUT2D eigenvalue weighted by Gasteiger charge is 2.35. The molecule has 1 fully saturated rings. The Morgan fingerprint density at radius 3 is 2.36 bits per heavy atom. The molecule has 33 heavy (non-hydrogen) atoms. The molecule has 3 aromatic rings. The number of carbonyl (C=O) groups is 2. The lowest BCUT2D eigenvalue weighted by atomic mass is 10.1. The van der Waals surface area contributed by atoms with Gasteiger partial charge in [-0.25, -0.2) is 4.39 Å². The van der Waals surface area contributed by atoms with Gasteiger partial charge in [0.15, 0.2) is 11.5 Å². The number of ether oxygens (including phenoxy) is 2. The van der Waals surface area contributed by atoms with E-state index in [9.17, 15) is 14.0 Å². The topological polar surface area (TPSA) is 55.8 Å². The van der Waals surface area contributed by atoms with E-state index >= 15 is 0 Å². The fourth-order valence-electron chi connectivity index (χ4n) is 3.20. The number of benzene rings is 3. The molecular weight excluding hydrogens is 556 g/mol. The maximum atomic E-state index is 13.1. The number of methoxy groups -OCH3 is 1. The van der Waals surface area contributed by atoms with Crippen LogP contribution in [0.3, 0.4) is 0 Å². The molecule has 0 aliphatic carbocycles. The molecule has 3 aromatic carbocycles. The minimum Gasteiger partial charge on any atom is -0.493 e. The van der Waals surface area contributed by atoms with Gasteiger partial charge in [0.05, 0.1) is 18.6 Å². The Labute approximate surface area is 208 Å². The average molecular weight is 575 g/mol. The van der Waals surface area contributed by atoms with Gasteiger partial charge in [-0.1, -0.05) is 30.3 Å². The van der Waals surface area contributed by atoms with Crippen LogP contribution in [0.4, 0.5) is 9.18 Å². The molecule has 0 aromatic heterocycles. The zero-order valence-electron chi connectivity index (χ0n) is 17.6. The van der Waals surface area contributed by atoms with Gasteiger partial charge in [-0.3, -0.25) is 14.5 Å². The van der Waals surface area contributed by atoms with Crippen molar-refractivity contribution in [2.75, 3.05) is 7.11 Å². The van der Waals surface area contributed by atoms with Gasteiger partial charge >= 0.3 is 0 Å². The molecular formula is C25H19FINO4S. The average Bonchev–Trinajstić information content (AvgIpc) is 3.07. The van der Waals surface area contributed by atoms with Gasteiger partial charge in [0.1, 0.15) is 12.4 Å². The number of imide groups is 1. The normalized spacial score (nSPS) is 14.8. The first kappa shape index (κ1) is 23.3. The first-order chi connectivity index (χ1) is 15.9. The monoisotopic (exact) mass is 575 g/mol. The van der Waals surface area contributed by atoms with Crippen molar-refractivity contribution in [3.8, 4) is 11.5 Å². The van der Waals surface area contributed by atoms with Crippen LogP contribution < -0.4 is 9.47 Å². The molecule has 4 rings (SSSR count). The molecule has 5 nitrogen and oxygen atoms in total. The lowest BCUT2D eigenvalue weighted by Crippen LogP contribution is -2.27. The summed E-state index contributed by atoms with van der Waals surface area (Å²) >= 11 is 3.12. The summed E-state index contributed by atoms with van der Waals surface area (Å²) in [5.74, 6) is 0.372. The highest BCUT2D eigenvalue weighted by Crippen LogP contribution is 2.35. The molecule has 1 saturated heterocycles. The van der Waals surface area contributed by atoms with Crippen LogP contribution in [0.1, 0.15) is 16.7 Å². The first-order valence-corrected chi connectivity index (χ1v) is 11.9. The Bertz CT molecular complexity index is 1210. The molecule has 0 bridgehead atoms. The summed E-state index contributed by atoms with van der Waals surface area (Å²) in [5, 5.41) is -0.300. The zero-order valence-corrected chi connectivity index (χ0v) is 20.6. The van der Waals surface area contributed by atoms with Gasteiger partial charge in [0.25, 0.3) is 11.1 Å². The molecule has 8 heteroatoms. The van der Waals surface area contributed by atoms with Crippen LogP contribution in [-0.2, 0) is 17.9 Å². The number of hydrogen-bond donors (Lipinski definition) is 0. The van der Waals surface area contributed by atoms with E-state index in [-0.39, 0.29) is 30.1 Å². The Kier molecular flexibility index (Phi) is 7.34. The third-order valence-corrected chi connectivity index (χ3v) is 6.55. The second-order valence-electron chi connectivity index (χ2n) is 7.22. The molecule has 168 valence electrons. The third-order valence-electron chi connectivity index (χ3n) is 4.92. The van der Waals surface area contributed by atoms with Gasteiger partial charge < -0.3 is 9.47 Å². The number of rotatable bonds is 7. The Balaban J connectivity index is 1.51. The largest absolute Gasteiger partial charge is 0.493 e. The first-order valence-electron chi connectivity index (χ1n) is 9.98. The third kappa shape index (κ3) is 5.75. The minimum absolute atomic E-state index is 0.229. The molecule has 2 amide bonds. The zero-order chi connectivity index (χ0) is 23.4. The summed E-state index contributed by atoms with van der Waals surface area (Å²) < 4.78 is 25.4. The van der Waals surface area contributed by atoms with Gasteiger partial charge in [0.2, 0.25) is 0 Å². The second kappa shape index (κ2) is 10.4. The predicted octanol–water partition coefficient (Wildman–Crippen LogP) is 6.25. The lowest BCUT2D eigenvalue weighted by molar-refractivity contribution is -0.123. The van der Waals surface area contributed by atoms with E-state index in [1.54, 1.807) is 36.4 Å². The summed E-state index contributed by atoms with van der Waals surface area (Å²) in [6.45, 7) is 0.459. The van der Waals surface area contributed by atoms with Crippen LogP contribution >= 0.6 is 34.4 Å². The number of hydrogen-bond acceptors (Lipinski definition) is 5. The summed E-state index contributed by atoms with van der Waals surface area (Å²) in [6, 6.07) is 19.0. The fraction of sp³-hybridized carbons (Fsp3) is 0.120. The van der Waals surface area contributed by atoms with E-state index in [1.807, 2.05) is 24.3 Å². The molecule has 1 aliphatic heterocycles. The molecule has 0 N–H and O–H groups in total. The number of amides is 2. The number of thioether (sulfide) groups is 1. The molecule has 0 unspecified atom stereocenters. The van der Waals surface area contributed by atoms with Crippen molar-refractivity contribution in [3.05, 3.63) is 97.7 Å². The van der Waals surface area contributed by atoms with Crippen molar-refractivity contribution in [2.45, 2.75) is 13.2 Å². The lowest BCUT2D eigenvalue weighted by Gasteiger charge is -2.13. The summed E-state index contributed by atoms with van der Waals surface area (Å²) in [6.07, 6.45) is 1.67. The maximum Gasteiger partial charge on any atom is 0.293 e. The smallest absolute Gasteiger partial charge is 0.293 e. The Hall–Kier alpha value is -2.85. The van der Waals surface area contributed by atoms with E-state index < -0.39 is 0 Å². The van der Waals surface area contributed by atoms with Gasteiger partial charge in [-0.2, -0.15) is 0 Å². The van der Waals surface area contributed by atoms with E-state index in [0.717, 1.165) is 26.5 Å². The van der Waals surface area contributed by atoms with E-state index in [1.165, 1.54) is 24.1 Å². The van der Waals surface area contributed by atoms with Crippen molar-refractivity contribution < 1.29 is 23.5 Å². The number of carbonyl (C=O) groups excluding carboxylic acids is 2. The predicted molar refractivity (Wildman–Crippen MR) is 134 cm³/mol. The Morgan fingerprint density at radius 1 is 0.970 bits per heavy atom. The fourth-order valence-corrected chi connectivity index (χ4v) is 4.40. The van der Waals surface area contributed by atoms with Crippen LogP contribution in [0, 0.1) is 9.39 Å². The van der Waals surface area contributed by atoms with Crippen LogP contribution in [0.2, 0.25) is 0 Å². The molecule has 0 spiro atoms. The van der Waals surface area contributed by atoms with Crippen LogP contribution in [-0.4, -0.2) is 23.2 Å². The maximum absolute atomic E-state index is 13.1. The van der Waals surface area contributed by atoms with Crippen molar-refractivity contribution in [2.24, 2.45) is 0 Å². The minimum atomic E-state index is -0.326. The number of nitrogens with zero attached hydrogens (tertiary/aromatic N) is 1. The molecule has 0 atom stereocenters. The van der Waals surface area contributed by atoms with E-state index in [0.29, 0.717) is 22.0 Å². The van der Waals surface area contributed by atoms with E-state index in [4.69, 9.17) is 9.47 Å². The summed E-state index contributed by atoms with van der Waals surface area (Å²) in [7, 11) is 1.54. The van der Waals surface area contributed by atoms with Gasteiger partial charge in [0, 0.05) is 3.57 Å². The van der Waals surface area contributed by atoms with Crippen molar-refractivity contribution in [3.63, 3.8) is 0 Å². The van der Waals surface area contributed by atoms with Crippen LogP contribution in [0.15, 0.2) is 71.6 Å². The van der Waals surface area contributed by atoms with Gasteiger partial charge in [-0.15, -0.1) is 0 Å². The van der Waals surface area contributed by atoms with Gasteiger partial charge in [-0.05, 0) is 93.5 Å². The highest BCUT2D eigenvalue weighted by atomic mass is 127. The molecule has 0 radical (unpaired) electrons. The Morgan fingerprint density at radius 2 is 1.67 bits per heavy atom. The van der Waals surface area contributed by atoms with Crippen molar-refractivity contribution >= 4 is 51.6 Å². The van der Waals surface area contributed by atoms with Crippen molar-refractivity contribution in [1.29, 1.82) is 0 Å². The summed E-state index contributed by atoms with van der Waals surface area (Å²) in [5.41, 5.74) is 2.39. The molecule has 1 heterocycles. The molecule has 0 saturated carbocycles. The highest BCUT2D eigenvalue weighted by molar-refractivity contribution is 14.1. The quantitative estimate of drug-likeness (QED) is 0.246. The van der Waals surface area contributed by atoms with Crippen LogP contribution in [0.5, 0.6) is 11.5 Å². The van der Waals surface area contributed by atoms with Crippen molar-refractivity contribution in [1.82, 2.24) is 4.90 Å². The summed E-state index contributed by atoms with van der Waals surface area (Å²) in [4.78, 5) is 26.9. The van der Waals surface area contributed by atoms with E-state index in [2.05, 4.69) is 22.6 Å². The standard InChI is InChI=1S/C25H19FINO4S/c1-31-21-11-6-18(12-22(21)32-15-17-2-7-19(26)8-3-17)13-23-24(29)28(25(30)33-23)14-16-4-9-20(27)10-5-16/h2-13H,14-15H2,1H3/b23-13-. The second-order valence-corrected chi connectivity index (χ2v) is 9.46.